The molecule has 90 valence electrons. The normalized spacial score (nSPS) is 14.8. The molecule has 0 spiro atoms. The van der Waals surface area contributed by atoms with Gasteiger partial charge in [0, 0.05) is 13.5 Å². The zero-order valence-electron chi connectivity index (χ0n) is 9.41. The van der Waals surface area contributed by atoms with Gasteiger partial charge in [-0.15, -0.1) is 0 Å². The van der Waals surface area contributed by atoms with Crippen LogP contribution in [0.25, 0.3) is 0 Å². The third kappa shape index (κ3) is 3.87. The van der Waals surface area contributed by atoms with Crippen LogP contribution in [-0.2, 0) is 11.2 Å². The SMILES string of the molecule is COC(C)CC(O)Cc1cc(F)ccc1F. The van der Waals surface area contributed by atoms with Gasteiger partial charge in [-0.05, 0) is 37.1 Å². The molecule has 1 aromatic rings. The number of hydrogen-bond acceptors (Lipinski definition) is 2. The van der Waals surface area contributed by atoms with Crippen LogP contribution in [0.15, 0.2) is 18.2 Å². The molecule has 0 amide bonds. The fraction of sp³-hybridized carbons (Fsp3) is 0.500. The zero-order chi connectivity index (χ0) is 12.1. The summed E-state index contributed by atoms with van der Waals surface area (Å²) in [5, 5.41) is 9.65. The fourth-order valence-corrected chi connectivity index (χ4v) is 1.52. The van der Waals surface area contributed by atoms with Gasteiger partial charge in [0.15, 0.2) is 0 Å². The van der Waals surface area contributed by atoms with Gasteiger partial charge < -0.3 is 9.84 Å². The van der Waals surface area contributed by atoms with Crippen LogP contribution in [0.5, 0.6) is 0 Å². The Hall–Kier alpha value is -1.00. The summed E-state index contributed by atoms with van der Waals surface area (Å²) in [4.78, 5) is 0. The van der Waals surface area contributed by atoms with Gasteiger partial charge in [-0.25, -0.2) is 8.78 Å². The molecule has 2 nitrogen and oxygen atoms in total. The molecule has 16 heavy (non-hydrogen) atoms. The maximum Gasteiger partial charge on any atom is 0.126 e. The van der Waals surface area contributed by atoms with Crippen molar-refractivity contribution in [3.8, 4) is 0 Å². The molecule has 0 aromatic heterocycles. The Kier molecular flexibility index (Phi) is 4.83. The molecule has 0 fully saturated rings. The summed E-state index contributed by atoms with van der Waals surface area (Å²) in [7, 11) is 1.54. The Balaban J connectivity index is 2.61. The minimum Gasteiger partial charge on any atom is -0.393 e. The molecule has 1 N–H and O–H groups in total. The molecule has 1 aromatic carbocycles. The average Bonchev–Trinajstić information content (AvgIpc) is 2.23. The van der Waals surface area contributed by atoms with Crippen molar-refractivity contribution in [3.05, 3.63) is 35.4 Å². The van der Waals surface area contributed by atoms with Crippen LogP contribution >= 0.6 is 0 Å². The summed E-state index contributed by atoms with van der Waals surface area (Å²) in [6.07, 6.45) is -0.345. The van der Waals surface area contributed by atoms with Crippen molar-refractivity contribution in [1.82, 2.24) is 0 Å². The number of ether oxygens (including phenoxy) is 1. The van der Waals surface area contributed by atoms with E-state index >= 15 is 0 Å². The first-order valence-electron chi connectivity index (χ1n) is 5.17. The highest BCUT2D eigenvalue weighted by Gasteiger charge is 2.13. The number of aliphatic hydroxyl groups is 1. The van der Waals surface area contributed by atoms with Crippen molar-refractivity contribution in [3.63, 3.8) is 0 Å². The van der Waals surface area contributed by atoms with Crippen molar-refractivity contribution in [2.24, 2.45) is 0 Å². The minimum absolute atomic E-state index is 0.0945. The van der Waals surface area contributed by atoms with Gasteiger partial charge >= 0.3 is 0 Å². The molecule has 2 atom stereocenters. The van der Waals surface area contributed by atoms with Gasteiger partial charge in [0.1, 0.15) is 11.6 Å². The van der Waals surface area contributed by atoms with E-state index in [-0.39, 0.29) is 18.1 Å². The smallest absolute Gasteiger partial charge is 0.126 e. The largest absolute Gasteiger partial charge is 0.393 e. The molecule has 0 aliphatic rings. The van der Waals surface area contributed by atoms with Gasteiger partial charge in [0.05, 0.1) is 12.2 Å². The second-order valence-electron chi connectivity index (χ2n) is 3.88. The van der Waals surface area contributed by atoms with E-state index in [1.165, 1.54) is 0 Å². The van der Waals surface area contributed by atoms with Gasteiger partial charge in [-0.1, -0.05) is 0 Å². The Morgan fingerprint density at radius 2 is 2.06 bits per heavy atom. The second-order valence-corrected chi connectivity index (χ2v) is 3.88. The molecule has 0 saturated carbocycles. The van der Waals surface area contributed by atoms with E-state index in [4.69, 9.17) is 4.74 Å². The summed E-state index contributed by atoms with van der Waals surface area (Å²) in [6.45, 7) is 1.81. The van der Waals surface area contributed by atoms with E-state index in [2.05, 4.69) is 0 Å². The van der Waals surface area contributed by atoms with Crippen molar-refractivity contribution in [1.29, 1.82) is 0 Å². The molecular weight excluding hydrogens is 214 g/mol. The van der Waals surface area contributed by atoms with E-state index in [1.54, 1.807) is 7.11 Å². The Morgan fingerprint density at radius 1 is 1.38 bits per heavy atom. The van der Waals surface area contributed by atoms with Crippen LogP contribution in [0.3, 0.4) is 0 Å². The topological polar surface area (TPSA) is 29.5 Å². The number of halogens is 2. The van der Waals surface area contributed by atoms with Crippen molar-refractivity contribution >= 4 is 0 Å². The molecule has 2 unspecified atom stereocenters. The molecule has 0 aliphatic heterocycles. The fourth-order valence-electron chi connectivity index (χ4n) is 1.52. The lowest BCUT2D eigenvalue weighted by atomic mass is 10.0. The highest BCUT2D eigenvalue weighted by atomic mass is 19.1. The van der Waals surface area contributed by atoms with Crippen LogP contribution < -0.4 is 0 Å². The predicted octanol–water partition coefficient (Wildman–Crippen LogP) is 2.29. The van der Waals surface area contributed by atoms with Crippen molar-refractivity contribution in [2.45, 2.75) is 32.0 Å². The quantitative estimate of drug-likeness (QED) is 0.841. The highest BCUT2D eigenvalue weighted by molar-refractivity contribution is 5.19. The van der Waals surface area contributed by atoms with E-state index in [0.29, 0.717) is 6.42 Å². The van der Waals surface area contributed by atoms with Crippen molar-refractivity contribution in [2.75, 3.05) is 7.11 Å². The van der Waals surface area contributed by atoms with E-state index < -0.39 is 17.7 Å². The molecular formula is C12H16F2O2. The maximum absolute atomic E-state index is 13.2. The van der Waals surface area contributed by atoms with Crippen molar-refractivity contribution < 1.29 is 18.6 Å². The summed E-state index contributed by atoms with van der Waals surface area (Å²) in [6, 6.07) is 3.23. The summed E-state index contributed by atoms with van der Waals surface area (Å²) in [5.41, 5.74) is 0.191. The number of hydrogen-bond donors (Lipinski definition) is 1. The van der Waals surface area contributed by atoms with Crippen LogP contribution in [0.2, 0.25) is 0 Å². The van der Waals surface area contributed by atoms with Gasteiger partial charge in [-0.2, -0.15) is 0 Å². The molecule has 4 heteroatoms. The van der Waals surface area contributed by atoms with Gasteiger partial charge in [0.2, 0.25) is 0 Å². The minimum atomic E-state index is -0.730. The summed E-state index contributed by atoms with van der Waals surface area (Å²) >= 11 is 0. The lowest BCUT2D eigenvalue weighted by molar-refractivity contribution is 0.0562. The monoisotopic (exact) mass is 230 g/mol. The molecule has 0 saturated heterocycles. The number of methoxy groups -OCH3 is 1. The Morgan fingerprint density at radius 3 is 2.69 bits per heavy atom. The van der Waals surface area contributed by atoms with E-state index in [9.17, 15) is 13.9 Å². The van der Waals surface area contributed by atoms with Crippen LogP contribution in [-0.4, -0.2) is 24.4 Å². The molecule has 0 aliphatic carbocycles. The molecule has 0 bridgehead atoms. The first-order valence-corrected chi connectivity index (χ1v) is 5.17. The molecule has 0 radical (unpaired) electrons. The Labute approximate surface area is 93.9 Å². The lowest BCUT2D eigenvalue weighted by Gasteiger charge is -2.15. The van der Waals surface area contributed by atoms with Gasteiger partial charge in [0.25, 0.3) is 0 Å². The molecule has 1 rings (SSSR count). The third-order valence-corrected chi connectivity index (χ3v) is 2.47. The highest BCUT2D eigenvalue weighted by Crippen LogP contribution is 2.14. The lowest BCUT2D eigenvalue weighted by Crippen LogP contribution is -2.19. The first kappa shape index (κ1) is 13.1. The Bertz CT molecular complexity index is 342. The molecule has 0 heterocycles. The standard InChI is InChI=1S/C12H16F2O2/c1-8(16-2)5-11(15)7-9-6-10(13)3-4-12(9)14/h3-4,6,8,11,15H,5,7H2,1-2H3. The maximum atomic E-state index is 13.2. The zero-order valence-corrected chi connectivity index (χ0v) is 9.41. The predicted molar refractivity (Wildman–Crippen MR) is 57.2 cm³/mol. The number of rotatable bonds is 5. The third-order valence-electron chi connectivity index (χ3n) is 2.47. The van der Waals surface area contributed by atoms with E-state index in [1.807, 2.05) is 6.92 Å². The second kappa shape index (κ2) is 5.92. The van der Waals surface area contributed by atoms with Crippen LogP contribution in [0.1, 0.15) is 18.9 Å². The number of aliphatic hydroxyl groups excluding tert-OH is 1. The van der Waals surface area contributed by atoms with Crippen LogP contribution in [0, 0.1) is 11.6 Å². The average molecular weight is 230 g/mol. The first-order chi connectivity index (χ1) is 7.52. The number of benzene rings is 1. The van der Waals surface area contributed by atoms with Gasteiger partial charge in [-0.3, -0.25) is 0 Å². The summed E-state index contributed by atoms with van der Waals surface area (Å²) < 4.78 is 31.1. The summed E-state index contributed by atoms with van der Waals surface area (Å²) in [5.74, 6) is -0.992. The van der Waals surface area contributed by atoms with Crippen LogP contribution in [0.4, 0.5) is 8.78 Å². The van der Waals surface area contributed by atoms with E-state index in [0.717, 1.165) is 18.2 Å².